The Kier molecular flexibility index (Phi) is 6.49. The third-order valence-electron chi connectivity index (χ3n) is 6.44. The number of rotatable bonds is 8. The summed E-state index contributed by atoms with van der Waals surface area (Å²) < 4.78 is 5.41. The van der Waals surface area contributed by atoms with E-state index in [0.717, 1.165) is 31.4 Å². The smallest absolute Gasteiger partial charge is 0.340 e. The fourth-order valence-electron chi connectivity index (χ4n) is 4.90. The van der Waals surface area contributed by atoms with E-state index in [-0.39, 0.29) is 24.1 Å². The molecule has 1 saturated heterocycles. The lowest BCUT2D eigenvalue weighted by Gasteiger charge is -2.18. The van der Waals surface area contributed by atoms with Crippen molar-refractivity contribution in [3.8, 4) is 11.1 Å². The molecule has 0 unspecified atom stereocenters. The summed E-state index contributed by atoms with van der Waals surface area (Å²) in [7, 11) is 0. The largest absolute Gasteiger partial charge is 0.478 e. The second-order valence-corrected chi connectivity index (χ2v) is 9.11. The van der Waals surface area contributed by atoms with Crippen molar-refractivity contribution in [2.45, 2.75) is 58.9 Å². The lowest BCUT2D eigenvalue weighted by Crippen LogP contribution is -2.23. The van der Waals surface area contributed by atoms with Gasteiger partial charge in [0.15, 0.2) is 0 Å². The summed E-state index contributed by atoms with van der Waals surface area (Å²) in [6.45, 7) is 6.95. The molecule has 0 aliphatic carbocycles. The molecule has 1 N–H and O–H groups in total. The van der Waals surface area contributed by atoms with Gasteiger partial charge in [-0.1, -0.05) is 32.4 Å². The second-order valence-electron chi connectivity index (χ2n) is 9.11. The van der Waals surface area contributed by atoms with Crippen LogP contribution in [0, 0.1) is 5.92 Å². The molecule has 2 aliphatic rings. The topological polar surface area (TPSA) is 96.8 Å². The predicted octanol–water partition coefficient (Wildman–Crippen LogP) is 4.89. The standard InChI is InChI=1S/C26H30N2O5/c1-4-33-26(32)21-18(8-5-7-15(2)3)27-23-19-9-6-14-28(19)24(29)22(23)20(21)16-10-12-17(13-11-16)25(30)31/h10-13,15,19H,4-9,14H2,1-3H3,(H,30,31)/t19-/m0/s1. The molecule has 33 heavy (non-hydrogen) atoms. The first-order valence-electron chi connectivity index (χ1n) is 11.7. The minimum absolute atomic E-state index is 0.0652. The van der Waals surface area contributed by atoms with Gasteiger partial charge in [-0.15, -0.1) is 0 Å². The minimum Gasteiger partial charge on any atom is -0.478 e. The monoisotopic (exact) mass is 450 g/mol. The predicted molar refractivity (Wildman–Crippen MR) is 123 cm³/mol. The molecule has 1 fully saturated rings. The number of carboxylic acid groups (broad SMARTS) is 1. The molecule has 3 heterocycles. The zero-order valence-corrected chi connectivity index (χ0v) is 19.4. The summed E-state index contributed by atoms with van der Waals surface area (Å²) in [5.41, 5.74) is 3.48. The van der Waals surface area contributed by atoms with Gasteiger partial charge in [0.1, 0.15) is 0 Å². The number of carbonyl (C=O) groups is 3. The van der Waals surface area contributed by atoms with Gasteiger partial charge in [0.05, 0.1) is 40.7 Å². The van der Waals surface area contributed by atoms with Crippen molar-refractivity contribution in [3.63, 3.8) is 0 Å². The Bertz CT molecular complexity index is 1090. The Morgan fingerprint density at radius 2 is 1.94 bits per heavy atom. The van der Waals surface area contributed by atoms with Gasteiger partial charge in [0, 0.05) is 12.1 Å². The van der Waals surface area contributed by atoms with E-state index in [2.05, 4.69) is 13.8 Å². The van der Waals surface area contributed by atoms with E-state index in [9.17, 15) is 19.5 Å². The Labute approximate surface area is 193 Å². The molecule has 0 radical (unpaired) electrons. The summed E-state index contributed by atoms with van der Waals surface area (Å²) in [6, 6.07) is 6.26. The van der Waals surface area contributed by atoms with E-state index in [1.807, 2.05) is 4.90 Å². The van der Waals surface area contributed by atoms with Gasteiger partial charge in [0.25, 0.3) is 5.91 Å². The van der Waals surface area contributed by atoms with Crippen LogP contribution in [-0.2, 0) is 11.2 Å². The third kappa shape index (κ3) is 4.24. The highest BCUT2D eigenvalue weighted by Gasteiger charge is 2.44. The molecule has 4 rings (SSSR count). The maximum atomic E-state index is 13.4. The molecule has 2 aliphatic heterocycles. The number of benzene rings is 1. The molecule has 1 aromatic carbocycles. The zero-order valence-electron chi connectivity index (χ0n) is 19.4. The molecule has 0 bridgehead atoms. The summed E-state index contributed by atoms with van der Waals surface area (Å²) >= 11 is 0. The van der Waals surface area contributed by atoms with Crippen LogP contribution in [0.1, 0.15) is 95.0 Å². The fraction of sp³-hybridized carbons (Fsp3) is 0.462. The SMILES string of the molecule is CCOC(=O)c1c(CCCC(C)C)nc2c(c1-c1ccc(C(=O)O)cc1)C(=O)N1CCC[C@@H]21. The van der Waals surface area contributed by atoms with Gasteiger partial charge in [-0.05, 0) is 56.2 Å². The number of aromatic carboxylic acids is 1. The van der Waals surface area contributed by atoms with Gasteiger partial charge < -0.3 is 14.7 Å². The minimum atomic E-state index is -1.03. The number of aryl methyl sites for hydroxylation is 1. The van der Waals surface area contributed by atoms with Crippen LogP contribution in [0.15, 0.2) is 24.3 Å². The normalized spacial score (nSPS) is 16.8. The Balaban J connectivity index is 1.94. The van der Waals surface area contributed by atoms with Crippen molar-refractivity contribution in [2.24, 2.45) is 5.92 Å². The summed E-state index contributed by atoms with van der Waals surface area (Å²) in [4.78, 5) is 44.8. The summed E-state index contributed by atoms with van der Waals surface area (Å²) in [5.74, 6) is -1.11. The Morgan fingerprint density at radius 3 is 2.58 bits per heavy atom. The lowest BCUT2D eigenvalue weighted by molar-refractivity contribution is 0.0524. The fourth-order valence-corrected chi connectivity index (χ4v) is 4.90. The number of aromatic nitrogens is 1. The maximum absolute atomic E-state index is 13.4. The highest BCUT2D eigenvalue weighted by Crippen LogP contribution is 2.45. The van der Waals surface area contributed by atoms with E-state index in [1.165, 1.54) is 12.1 Å². The first kappa shape index (κ1) is 23.0. The number of esters is 1. The molecular formula is C26H30N2O5. The van der Waals surface area contributed by atoms with Crippen LogP contribution >= 0.6 is 0 Å². The molecule has 7 heteroatoms. The number of hydrogen-bond donors (Lipinski definition) is 1. The first-order valence-corrected chi connectivity index (χ1v) is 11.7. The van der Waals surface area contributed by atoms with Gasteiger partial charge in [-0.25, -0.2) is 9.59 Å². The van der Waals surface area contributed by atoms with Crippen LogP contribution in [0.2, 0.25) is 0 Å². The first-order chi connectivity index (χ1) is 15.8. The van der Waals surface area contributed by atoms with Crippen molar-refractivity contribution in [1.29, 1.82) is 0 Å². The molecule has 1 aromatic heterocycles. The van der Waals surface area contributed by atoms with Gasteiger partial charge in [0.2, 0.25) is 0 Å². The van der Waals surface area contributed by atoms with Crippen molar-refractivity contribution >= 4 is 17.8 Å². The van der Waals surface area contributed by atoms with Gasteiger partial charge >= 0.3 is 11.9 Å². The molecule has 2 aromatic rings. The van der Waals surface area contributed by atoms with Crippen LogP contribution in [-0.4, -0.2) is 46.0 Å². The van der Waals surface area contributed by atoms with E-state index in [1.54, 1.807) is 19.1 Å². The average molecular weight is 451 g/mol. The van der Waals surface area contributed by atoms with Gasteiger partial charge in [-0.2, -0.15) is 0 Å². The molecule has 1 amide bonds. The highest BCUT2D eigenvalue weighted by atomic mass is 16.5. The molecule has 7 nitrogen and oxygen atoms in total. The van der Waals surface area contributed by atoms with Crippen molar-refractivity contribution in [2.75, 3.05) is 13.2 Å². The lowest BCUT2D eigenvalue weighted by atomic mass is 9.89. The Hall–Kier alpha value is -3.22. The third-order valence-corrected chi connectivity index (χ3v) is 6.44. The zero-order chi connectivity index (χ0) is 23.7. The number of hydrogen-bond acceptors (Lipinski definition) is 5. The Morgan fingerprint density at radius 1 is 1.21 bits per heavy atom. The average Bonchev–Trinajstić information content (AvgIpc) is 3.36. The summed E-state index contributed by atoms with van der Waals surface area (Å²) in [6.07, 6.45) is 4.27. The molecule has 0 saturated carbocycles. The van der Waals surface area contributed by atoms with Crippen molar-refractivity contribution in [1.82, 2.24) is 9.88 Å². The number of pyridine rings is 1. The molecule has 0 spiro atoms. The van der Waals surface area contributed by atoms with E-state index >= 15 is 0 Å². The molecule has 1 atom stereocenters. The molecule has 174 valence electrons. The van der Waals surface area contributed by atoms with Crippen LogP contribution < -0.4 is 0 Å². The summed E-state index contributed by atoms with van der Waals surface area (Å²) in [5, 5.41) is 9.31. The number of nitrogens with zero attached hydrogens (tertiary/aromatic N) is 2. The number of fused-ring (bicyclic) bond motifs is 3. The quantitative estimate of drug-likeness (QED) is 0.575. The number of carbonyl (C=O) groups excluding carboxylic acids is 2. The second kappa shape index (κ2) is 9.33. The van der Waals surface area contributed by atoms with Crippen LogP contribution in [0.4, 0.5) is 0 Å². The van der Waals surface area contributed by atoms with Gasteiger partial charge in [-0.3, -0.25) is 9.78 Å². The van der Waals surface area contributed by atoms with E-state index < -0.39 is 11.9 Å². The van der Waals surface area contributed by atoms with Crippen molar-refractivity contribution < 1.29 is 24.2 Å². The maximum Gasteiger partial charge on any atom is 0.340 e. The van der Waals surface area contributed by atoms with Crippen LogP contribution in [0.5, 0.6) is 0 Å². The van der Waals surface area contributed by atoms with Crippen LogP contribution in [0.25, 0.3) is 11.1 Å². The van der Waals surface area contributed by atoms with E-state index in [0.29, 0.717) is 46.8 Å². The number of carboxylic acids is 1. The van der Waals surface area contributed by atoms with Crippen LogP contribution in [0.3, 0.4) is 0 Å². The number of amides is 1. The molecular weight excluding hydrogens is 420 g/mol. The highest BCUT2D eigenvalue weighted by molar-refractivity contribution is 6.11. The van der Waals surface area contributed by atoms with E-state index in [4.69, 9.17) is 9.72 Å². The van der Waals surface area contributed by atoms with Crippen molar-refractivity contribution in [3.05, 3.63) is 52.3 Å². The number of ether oxygens (including phenoxy) is 1.